The number of rotatable bonds is 2. The second-order valence-electron chi connectivity index (χ2n) is 5.67. The Morgan fingerprint density at radius 3 is 2.68 bits per heavy atom. The molecule has 2 aromatic rings. The van der Waals surface area contributed by atoms with Crippen molar-refractivity contribution in [3.8, 4) is 5.75 Å². The highest BCUT2D eigenvalue weighted by Gasteiger charge is 2.25. The van der Waals surface area contributed by atoms with Crippen LogP contribution in [0.25, 0.3) is 0 Å². The van der Waals surface area contributed by atoms with Gasteiger partial charge in [-0.2, -0.15) is 0 Å². The molecule has 4 heteroatoms. The first-order chi connectivity index (χ1) is 10.5. The van der Waals surface area contributed by atoms with Gasteiger partial charge in [-0.1, -0.05) is 33.6 Å². The van der Waals surface area contributed by atoms with Gasteiger partial charge < -0.3 is 10.1 Å². The topological polar surface area (TPSA) is 38.3 Å². The number of amides is 1. The van der Waals surface area contributed by atoms with Crippen molar-refractivity contribution in [2.45, 2.75) is 26.3 Å². The Morgan fingerprint density at radius 2 is 1.95 bits per heavy atom. The molecule has 1 amide bonds. The van der Waals surface area contributed by atoms with Crippen molar-refractivity contribution in [3.05, 3.63) is 63.1 Å². The van der Waals surface area contributed by atoms with E-state index in [0.29, 0.717) is 12.2 Å². The van der Waals surface area contributed by atoms with Crippen molar-refractivity contribution >= 4 is 21.8 Å². The molecule has 22 heavy (non-hydrogen) atoms. The quantitative estimate of drug-likeness (QED) is 0.866. The van der Waals surface area contributed by atoms with E-state index in [-0.39, 0.29) is 11.9 Å². The van der Waals surface area contributed by atoms with Crippen molar-refractivity contribution in [1.29, 1.82) is 0 Å². The Balaban J connectivity index is 1.85. The molecule has 3 nitrogen and oxygen atoms in total. The molecule has 1 atom stereocenters. The Labute approximate surface area is 138 Å². The van der Waals surface area contributed by atoms with Crippen molar-refractivity contribution in [2.75, 3.05) is 6.61 Å². The van der Waals surface area contributed by atoms with Gasteiger partial charge in [0.25, 0.3) is 5.91 Å². The molecule has 114 valence electrons. The molecule has 1 heterocycles. The maximum atomic E-state index is 12.4. The number of halogens is 1. The Hall–Kier alpha value is -1.81. The van der Waals surface area contributed by atoms with Crippen LogP contribution in [0.3, 0.4) is 0 Å². The molecule has 0 saturated carbocycles. The number of fused-ring (bicyclic) bond motifs is 1. The largest absolute Gasteiger partial charge is 0.493 e. The molecule has 1 unspecified atom stereocenters. The van der Waals surface area contributed by atoms with Gasteiger partial charge in [0, 0.05) is 22.0 Å². The van der Waals surface area contributed by atoms with Crippen LogP contribution in [-0.4, -0.2) is 12.5 Å². The highest BCUT2D eigenvalue weighted by Crippen LogP contribution is 2.35. The van der Waals surface area contributed by atoms with Crippen molar-refractivity contribution in [3.63, 3.8) is 0 Å². The van der Waals surface area contributed by atoms with Crippen LogP contribution >= 0.6 is 15.9 Å². The van der Waals surface area contributed by atoms with Crippen LogP contribution in [0.2, 0.25) is 0 Å². The predicted octanol–water partition coefficient (Wildman–Crippen LogP) is 4.32. The third kappa shape index (κ3) is 3.02. The van der Waals surface area contributed by atoms with Gasteiger partial charge in [-0.15, -0.1) is 0 Å². The minimum atomic E-state index is -0.0514. The minimum absolute atomic E-state index is 0.00139. The zero-order valence-electron chi connectivity index (χ0n) is 12.7. The maximum absolute atomic E-state index is 12.4. The smallest absolute Gasteiger partial charge is 0.251 e. The lowest BCUT2D eigenvalue weighted by atomic mass is 9.95. The molecule has 3 rings (SSSR count). The molecule has 0 bridgehead atoms. The average molecular weight is 360 g/mol. The highest BCUT2D eigenvalue weighted by atomic mass is 79.9. The number of aryl methyl sites for hydroxylation is 2. The second kappa shape index (κ2) is 6.13. The Morgan fingerprint density at radius 1 is 1.23 bits per heavy atom. The Bertz CT molecular complexity index is 710. The number of carbonyl (C=O) groups excluding carboxylic acids is 1. The van der Waals surface area contributed by atoms with E-state index >= 15 is 0 Å². The monoisotopic (exact) mass is 359 g/mol. The fraction of sp³-hybridized carbons (Fsp3) is 0.278. The fourth-order valence-corrected chi connectivity index (χ4v) is 3.13. The number of ether oxygens (including phenoxy) is 1. The van der Waals surface area contributed by atoms with Crippen LogP contribution in [-0.2, 0) is 0 Å². The fourth-order valence-electron chi connectivity index (χ4n) is 2.87. The van der Waals surface area contributed by atoms with Crippen LogP contribution in [0.5, 0.6) is 5.75 Å². The van der Waals surface area contributed by atoms with Crippen molar-refractivity contribution < 1.29 is 9.53 Å². The summed E-state index contributed by atoms with van der Waals surface area (Å²) in [5.41, 5.74) is 4.05. The van der Waals surface area contributed by atoms with Gasteiger partial charge >= 0.3 is 0 Å². The minimum Gasteiger partial charge on any atom is -0.493 e. The second-order valence-corrected chi connectivity index (χ2v) is 6.59. The summed E-state index contributed by atoms with van der Waals surface area (Å²) in [5.74, 6) is 0.863. The van der Waals surface area contributed by atoms with E-state index < -0.39 is 0 Å². The lowest BCUT2D eigenvalue weighted by molar-refractivity contribution is 0.0924. The lowest BCUT2D eigenvalue weighted by Gasteiger charge is -2.28. The summed E-state index contributed by atoms with van der Waals surface area (Å²) >= 11 is 3.38. The molecule has 2 aromatic carbocycles. The van der Waals surface area contributed by atoms with E-state index in [1.807, 2.05) is 31.2 Å². The molecular weight excluding hydrogens is 342 g/mol. The average Bonchev–Trinajstić information content (AvgIpc) is 2.48. The van der Waals surface area contributed by atoms with Crippen LogP contribution in [0.4, 0.5) is 0 Å². The first kappa shape index (κ1) is 15.1. The van der Waals surface area contributed by atoms with Crippen LogP contribution in [0.1, 0.15) is 39.5 Å². The lowest BCUT2D eigenvalue weighted by Crippen LogP contribution is -2.32. The summed E-state index contributed by atoms with van der Waals surface area (Å²) in [6, 6.07) is 11.6. The van der Waals surface area contributed by atoms with Gasteiger partial charge in [-0.05, 0) is 43.7 Å². The first-order valence-electron chi connectivity index (χ1n) is 7.35. The first-order valence-corrected chi connectivity index (χ1v) is 8.14. The van der Waals surface area contributed by atoms with E-state index in [4.69, 9.17) is 4.74 Å². The van der Waals surface area contributed by atoms with Crippen molar-refractivity contribution in [1.82, 2.24) is 5.32 Å². The summed E-state index contributed by atoms with van der Waals surface area (Å²) in [4.78, 5) is 12.4. The van der Waals surface area contributed by atoms with E-state index in [1.165, 1.54) is 5.56 Å². The molecule has 0 aromatic heterocycles. The number of benzene rings is 2. The van der Waals surface area contributed by atoms with Gasteiger partial charge in [0.05, 0.1) is 12.6 Å². The van der Waals surface area contributed by atoms with E-state index in [1.54, 1.807) is 0 Å². The Kier molecular flexibility index (Phi) is 4.21. The van der Waals surface area contributed by atoms with Gasteiger partial charge in [-0.3, -0.25) is 4.79 Å². The van der Waals surface area contributed by atoms with Crippen molar-refractivity contribution in [2.24, 2.45) is 0 Å². The standard InChI is InChI=1S/C18H18BrNO2/c1-11-9-12(2)17-15(10-11)16(7-8-22-17)20-18(21)13-3-5-14(19)6-4-13/h3-6,9-10,16H,7-8H2,1-2H3,(H,20,21). The molecule has 1 aliphatic heterocycles. The van der Waals surface area contributed by atoms with Gasteiger partial charge in [0.1, 0.15) is 5.75 Å². The van der Waals surface area contributed by atoms with Crippen LogP contribution in [0.15, 0.2) is 40.9 Å². The molecule has 0 spiro atoms. The van der Waals surface area contributed by atoms with Gasteiger partial charge in [0.15, 0.2) is 0 Å². The summed E-state index contributed by atoms with van der Waals surface area (Å²) in [7, 11) is 0. The third-order valence-corrected chi connectivity index (χ3v) is 4.42. The number of nitrogens with one attached hydrogen (secondary N) is 1. The molecule has 1 N–H and O–H groups in total. The molecule has 1 aliphatic rings. The zero-order valence-corrected chi connectivity index (χ0v) is 14.2. The van der Waals surface area contributed by atoms with E-state index in [9.17, 15) is 4.79 Å². The van der Waals surface area contributed by atoms with Gasteiger partial charge in [-0.25, -0.2) is 0 Å². The van der Waals surface area contributed by atoms with Gasteiger partial charge in [0.2, 0.25) is 0 Å². The molecule has 0 fully saturated rings. The van der Waals surface area contributed by atoms with Crippen LogP contribution in [0, 0.1) is 13.8 Å². The maximum Gasteiger partial charge on any atom is 0.251 e. The summed E-state index contributed by atoms with van der Waals surface area (Å²) < 4.78 is 6.75. The van der Waals surface area contributed by atoms with E-state index in [2.05, 4.69) is 40.3 Å². The van der Waals surface area contributed by atoms with E-state index in [0.717, 1.165) is 27.8 Å². The summed E-state index contributed by atoms with van der Waals surface area (Å²) in [6.07, 6.45) is 0.790. The molecule has 0 radical (unpaired) electrons. The summed E-state index contributed by atoms with van der Waals surface area (Å²) in [6.45, 7) is 4.74. The summed E-state index contributed by atoms with van der Waals surface area (Å²) in [5, 5.41) is 3.13. The normalized spacial score (nSPS) is 16.6. The highest BCUT2D eigenvalue weighted by molar-refractivity contribution is 9.10. The molecule has 0 aliphatic carbocycles. The van der Waals surface area contributed by atoms with Crippen LogP contribution < -0.4 is 10.1 Å². The zero-order chi connectivity index (χ0) is 15.7. The molecular formula is C18H18BrNO2. The predicted molar refractivity (Wildman–Crippen MR) is 90.4 cm³/mol. The number of carbonyl (C=O) groups is 1. The molecule has 0 saturated heterocycles. The number of hydrogen-bond donors (Lipinski definition) is 1. The third-order valence-electron chi connectivity index (χ3n) is 3.89. The number of hydrogen-bond acceptors (Lipinski definition) is 2. The SMILES string of the molecule is Cc1cc(C)c2c(c1)C(NC(=O)c1ccc(Br)cc1)CCO2.